The highest BCUT2D eigenvalue weighted by atomic mass is 79.9. The number of hydrogen-bond donors (Lipinski definition) is 2. The molecule has 102 valence electrons. The summed E-state index contributed by atoms with van der Waals surface area (Å²) in [5.41, 5.74) is 6.48. The molecule has 1 fully saturated rings. The predicted octanol–water partition coefficient (Wildman–Crippen LogP) is 0.789. The summed E-state index contributed by atoms with van der Waals surface area (Å²) in [4.78, 5) is 12.1. The minimum atomic E-state index is -1.25. The number of imidazole rings is 1. The molecule has 3 rings (SSSR count). The van der Waals surface area contributed by atoms with Crippen LogP contribution in [0.15, 0.2) is 11.1 Å². The lowest BCUT2D eigenvalue weighted by Crippen LogP contribution is -2.18. The Morgan fingerprint density at radius 1 is 1.58 bits per heavy atom. The monoisotopic (exact) mass is 331 g/mol. The standard InChI is InChI=1S/C10H11BrFN5O2/c11-10-16-6-7(13)14-3-15-8(6)17(10)9-5(12)1-4(2-18)19-9/h3-5,9,18H,1-2H2,(H2,13,14,15)/t4-,5+,9+/m0/s1. The molecule has 0 saturated carbocycles. The number of aliphatic hydroxyl groups is 1. The first-order valence-corrected chi connectivity index (χ1v) is 6.45. The highest BCUT2D eigenvalue weighted by Crippen LogP contribution is 2.36. The van der Waals surface area contributed by atoms with E-state index in [-0.39, 0.29) is 18.8 Å². The maximum Gasteiger partial charge on any atom is 0.181 e. The normalized spacial score (nSPS) is 27.2. The summed E-state index contributed by atoms with van der Waals surface area (Å²) in [7, 11) is 0. The van der Waals surface area contributed by atoms with Crippen LogP contribution in [-0.2, 0) is 4.74 Å². The SMILES string of the molecule is Nc1ncnc2c1nc(Br)n2[C@@H]1O[C@H](CO)C[C@H]1F. The predicted molar refractivity (Wildman–Crippen MR) is 67.9 cm³/mol. The van der Waals surface area contributed by atoms with Gasteiger partial charge in [0.15, 0.2) is 27.9 Å². The van der Waals surface area contributed by atoms with E-state index in [1.807, 2.05) is 0 Å². The van der Waals surface area contributed by atoms with Crippen LogP contribution in [0.1, 0.15) is 12.6 Å². The lowest BCUT2D eigenvalue weighted by molar-refractivity contribution is -0.0362. The van der Waals surface area contributed by atoms with Crippen LogP contribution in [0.4, 0.5) is 10.2 Å². The highest BCUT2D eigenvalue weighted by Gasteiger charge is 2.38. The first-order valence-electron chi connectivity index (χ1n) is 5.66. The van der Waals surface area contributed by atoms with E-state index in [1.165, 1.54) is 10.9 Å². The van der Waals surface area contributed by atoms with Crippen molar-refractivity contribution in [1.82, 2.24) is 19.5 Å². The lowest BCUT2D eigenvalue weighted by Gasteiger charge is -2.16. The van der Waals surface area contributed by atoms with Gasteiger partial charge in [0, 0.05) is 6.42 Å². The Bertz CT molecular complexity index is 621. The first kappa shape index (κ1) is 12.7. The van der Waals surface area contributed by atoms with Gasteiger partial charge in [0.2, 0.25) is 0 Å². The Labute approximate surface area is 115 Å². The molecule has 0 bridgehead atoms. The van der Waals surface area contributed by atoms with Crippen molar-refractivity contribution in [2.24, 2.45) is 0 Å². The summed E-state index contributed by atoms with van der Waals surface area (Å²) in [6.45, 7) is -0.224. The molecule has 7 nitrogen and oxygen atoms in total. The fraction of sp³-hybridized carbons (Fsp3) is 0.500. The van der Waals surface area contributed by atoms with Crippen molar-refractivity contribution < 1.29 is 14.2 Å². The van der Waals surface area contributed by atoms with Crippen LogP contribution < -0.4 is 5.73 Å². The van der Waals surface area contributed by atoms with E-state index in [9.17, 15) is 4.39 Å². The van der Waals surface area contributed by atoms with E-state index >= 15 is 0 Å². The van der Waals surface area contributed by atoms with Crippen LogP contribution in [0.25, 0.3) is 11.2 Å². The number of alkyl halides is 1. The Balaban J connectivity index is 2.10. The van der Waals surface area contributed by atoms with Gasteiger partial charge in [-0.15, -0.1) is 0 Å². The molecule has 3 N–H and O–H groups in total. The molecule has 3 atom stereocenters. The van der Waals surface area contributed by atoms with Crippen molar-refractivity contribution in [3.8, 4) is 0 Å². The molecule has 1 saturated heterocycles. The molecule has 9 heteroatoms. The van der Waals surface area contributed by atoms with E-state index in [4.69, 9.17) is 15.6 Å². The number of nitrogens with zero attached hydrogens (tertiary/aromatic N) is 4. The maximum atomic E-state index is 14.0. The third-order valence-electron chi connectivity index (χ3n) is 3.05. The Kier molecular flexibility index (Phi) is 3.11. The zero-order chi connectivity index (χ0) is 13.6. The number of nitrogen functional groups attached to an aromatic ring is 1. The van der Waals surface area contributed by atoms with Crippen molar-refractivity contribution >= 4 is 32.9 Å². The van der Waals surface area contributed by atoms with Gasteiger partial charge in [0.25, 0.3) is 0 Å². The van der Waals surface area contributed by atoms with Crippen LogP contribution in [0.2, 0.25) is 0 Å². The number of anilines is 1. The third kappa shape index (κ3) is 1.97. The van der Waals surface area contributed by atoms with Gasteiger partial charge < -0.3 is 15.6 Å². The largest absolute Gasteiger partial charge is 0.394 e. The third-order valence-corrected chi connectivity index (χ3v) is 3.61. The number of rotatable bonds is 2. The second-order valence-corrected chi connectivity index (χ2v) is 4.97. The van der Waals surface area contributed by atoms with Gasteiger partial charge in [0.05, 0.1) is 12.7 Å². The summed E-state index contributed by atoms with van der Waals surface area (Å²) in [5.74, 6) is 0.219. The molecule has 0 aromatic carbocycles. The van der Waals surface area contributed by atoms with Crippen LogP contribution in [0, 0.1) is 0 Å². The van der Waals surface area contributed by atoms with Gasteiger partial charge in [-0.3, -0.25) is 4.57 Å². The van der Waals surface area contributed by atoms with E-state index in [1.54, 1.807) is 0 Å². The fourth-order valence-corrected chi connectivity index (χ4v) is 2.72. The minimum Gasteiger partial charge on any atom is -0.394 e. The van der Waals surface area contributed by atoms with Crippen molar-refractivity contribution in [3.05, 3.63) is 11.1 Å². The Morgan fingerprint density at radius 2 is 2.37 bits per heavy atom. The zero-order valence-electron chi connectivity index (χ0n) is 9.70. The maximum absolute atomic E-state index is 14.0. The van der Waals surface area contributed by atoms with Crippen molar-refractivity contribution in [2.75, 3.05) is 12.3 Å². The molecule has 0 amide bonds. The summed E-state index contributed by atoms with van der Waals surface area (Å²) < 4.78 is 21.3. The minimum absolute atomic E-state index is 0.133. The van der Waals surface area contributed by atoms with Gasteiger partial charge in [0.1, 0.15) is 12.5 Å². The molecule has 3 heterocycles. The van der Waals surface area contributed by atoms with Crippen LogP contribution in [0.5, 0.6) is 0 Å². The second kappa shape index (κ2) is 4.66. The zero-order valence-corrected chi connectivity index (χ0v) is 11.3. The molecule has 1 aliphatic heterocycles. The second-order valence-electron chi connectivity index (χ2n) is 4.26. The molecule has 2 aromatic rings. The van der Waals surface area contributed by atoms with E-state index in [0.717, 1.165) is 0 Å². The molecule has 0 aliphatic carbocycles. The number of aromatic nitrogens is 4. The van der Waals surface area contributed by atoms with E-state index < -0.39 is 18.5 Å². The molecule has 0 unspecified atom stereocenters. The van der Waals surface area contributed by atoms with Crippen molar-refractivity contribution in [1.29, 1.82) is 0 Å². The average molecular weight is 332 g/mol. The van der Waals surface area contributed by atoms with Crippen molar-refractivity contribution in [2.45, 2.75) is 24.9 Å². The molecular weight excluding hydrogens is 321 g/mol. The number of hydrogen-bond acceptors (Lipinski definition) is 6. The van der Waals surface area contributed by atoms with Crippen LogP contribution in [-0.4, -0.2) is 43.5 Å². The molecule has 2 aromatic heterocycles. The Hall–Kier alpha value is -1.32. The van der Waals surface area contributed by atoms with Gasteiger partial charge in [-0.05, 0) is 15.9 Å². The highest BCUT2D eigenvalue weighted by molar-refractivity contribution is 9.10. The first-order chi connectivity index (χ1) is 9.11. The number of fused-ring (bicyclic) bond motifs is 1. The van der Waals surface area contributed by atoms with Gasteiger partial charge in [-0.25, -0.2) is 19.3 Å². The van der Waals surface area contributed by atoms with E-state index in [0.29, 0.717) is 15.9 Å². The molecule has 19 heavy (non-hydrogen) atoms. The quantitative estimate of drug-likeness (QED) is 0.789. The van der Waals surface area contributed by atoms with Crippen LogP contribution >= 0.6 is 15.9 Å². The topological polar surface area (TPSA) is 99.1 Å². The number of ether oxygens (including phenoxy) is 1. The van der Waals surface area contributed by atoms with Gasteiger partial charge >= 0.3 is 0 Å². The van der Waals surface area contributed by atoms with Crippen molar-refractivity contribution in [3.63, 3.8) is 0 Å². The smallest absolute Gasteiger partial charge is 0.181 e. The Morgan fingerprint density at radius 3 is 3.05 bits per heavy atom. The summed E-state index contributed by atoms with van der Waals surface area (Å²) in [5, 5.41) is 9.05. The molecule has 0 spiro atoms. The fourth-order valence-electron chi connectivity index (χ4n) is 2.17. The number of halogens is 2. The average Bonchev–Trinajstić information content (AvgIpc) is 2.90. The van der Waals surface area contributed by atoms with Crippen LogP contribution in [0.3, 0.4) is 0 Å². The number of nitrogens with two attached hydrogens (primary N) is 1. The van der Waals surface area contributed by atoms with Gasteiger partial charge in [-0.1, -0.05) is 0 Å². The lowest BCUT2D eigenvalue weighted by atomic mass is 10.2. The molecule has 0 radical (unpaired) electrons. The van der Waals surface area contributed by atoms with E-state index in [2.05, 4.69) is 30.9 Å². The summed E-state index contributed by atoms with van der Waals surface area (Å²) in [6.07, 6.45) is -1.24. The van der Waals surface area contributed by atoms with Gasteiger partial charge in [-0.2, -0.15) is 0 Å². The molecular formula is C10H11BrFN5O2. The summed E-state index contributed by atoms with van der Waals surface area (Å²) in [6, 6.07) is 0. The number of aliphatic hydroxyl groups excluding tert-OH is 1. The summed E-state index contributed by atoms with van der Waals surface area (Å²) >= 11 is 3.24. The molecule has 1 aliphatic rings.